The molecule has 0 spiro atoms. The van der Waals surface area contributed by atoms with Crippen molar-refractivity contribution in [2.24, 2.45) is 12.5 Å². The first-order valence-corrected chi connectivity index (χ1v) is 7.25. The van der Waals surface area contributed by atoms with E-state index in [0.717, 1.165) is 23.4 Å². The number of nitrogens with zero attached hydrogens (tertiary/aromatic N) is 3. The fraction of sp³-hybridized carbons (Fsp3) is 0.667. The summed E-state index contributed by atoms with van der Waals surface area (Å²) in [5, 5.41) is 13.6. The number of carboxylic acids is 1. The Balaban J connectivity index is 2.12. The molecule has 1 atom stereocenters. The van der Waals surface area contributed by atoms with Crippen molar-refractivity contribution >= 4 is 11.9 Å². The molecular weight excluding hydrogens is 270 g/mol. The molecule has 2 rings (SSSR count). The number of piperidine rings is 1. The van der Waals surface area contributed by atoms with E-state index >= 15 is 0 Å². The van der Waals surface area contributed by atoms with Gasteiger partial charge >= 0.3 is 5.97 Å². The number of aryl methyl sites for hydroxylation is 2. The monoisotopic (exact) mass is 293 g/mol. The van der Waals surface area contributed by atoms with Crippen LogP contribution in [0.15, 0.2) is 0 Å². The van der Waals surface area contributed by atoms with E-state index in [1.54, 1.807) is 16.5 Å². The van der Waals surface area contributed by atoms with Crippen LogP contribution in [-0.2, 0) is 23.1 Å². The van der Waals surface area contributed by atoms with Crippen molar-refractivity contribution in [2.75, 3.05) is 13.1 Å². The van der Waals surface area contributed by atoms with Gasteiger partial charge in [0.05, 0.1) is 17.5 Å². The highest BCUT2D eigenvalue weighted by molar-refractivity contribution is 5.81. The van der Waals surface area contributed by atoms with Crippen molar-refractivity contribution in [3.63, 3.8) is 0 Å². The van der Waals surface area contributed by atoms with Crippen LogP contribution in [-0.4, -0.2) is 44.8 Å². The van der Waals surface area contributed by atoms with Crippen molar-refractivity contribution < 1.29 is 14.7 Å². The molecule has 1 fully saturated rings. The summed E-state index contributed by atoms with van der Waals surface area (Å²) >= 11 is 0. The van der Waals surface area contributed by atoms with Crippen LogP contribution < -0.4 is 0 Å². The molecule has 6 nitrogen and oxygen atoms in total. The Labute approximate surface area is 124 Å². The lowest BCUT2D eigenvalue weighted by Crippen LogP contribution is -2.48. The topological polar surface area (TPSA) is 75.4 Å². The molecule has 116 valence electrons. The minimum absolute atomic E-state index is 0.0126. The minimum atomic E-state index is -0.826. The highest BCUT2D eigenvalue weighted by Crippen LogP contribution is 2.30. The number of carbonyl (C=O) groups is 2. The summed E-state index contributed by atoms with van der Waals surface area (Å²) in [7, 11) is 1.86. The summed E-state index contributed by atoms with van der Waals surface area (Å²) in [6, 6.07) is 0. The average molecular weight is 293 g/mol. The summed E-state index contributed by atoms with van der Waals surface area (Å²) in [5.41, 5.74) is 1.97. The van der Waals surface area contributed by atoms with Gasteiger partial charge in [0.2, 0.25) is 5.91 Å². The first kappa shape index (κ1) is 15.5. The molecule has 0 aliphatic carbocycles. The van der Waals surface area contributed by atoms with E-state index in [0.29, 0.717) is 25.9 Å². The maximum atomic E-state index is 12.5. The first-order valence-electron chi connectivity index (χ1n) is 7.25. The smallest absolute Gasteiger partial charge is 0.311 e. The Morgan fingerprint density at radius 2 is 2.05 bits per heavy atom. The minimum Gasteiger partial charge on any atom is -0.481 e. The van der Waals surface area contributed by atoms with E-state index in [1.807, 2.05) is 20.9 Å². The summed E-state index contributed by atoms with van der Waals surface area (Å²) in [6.45, 7) is 6.49. The lowest BCUT2D eigenvalue weighted by atomic mass is 9.82. The zero-order valence-corrected chi connectivity index (χ0v) is 13.1. The van der Waals surface area contributed by atoms with Gasteiger partial charge in [0, 0.05) is 31.4 Å². The predicted octanol–water partition coefficient (Wildman–Crippen LogP) is 1.29. The molecule has 0 saturated carbocycles. The van der Waals surface area contributed by atoms with Gasteiger partial charge in [0.1, 0.15) is 0 Å². The van der Waals surface area contributed by atoms with Crippen molar-refractivity contribution in [2.45, 2.75) is 40.0 Å². The number of carbonyl (C=O) groups excluding carboxylic acids is 1. The maximum absolute atomic E-state index is 12.5. The van der Waals surface area contributed by atoms with Crippen molar-refractivity contribution in [3.05, 3.63) is 17.0 Å². The number of aliphatic carboxylic acids is 1. The third-order valence-electron chi connectivity index (χ3n) is 4.55. The summed E-state index contributed by atoms with van der Waals surface area (Å²) in [6.07, 6.45) is 1.65. The summed E-state index contributed by atoms with van der Waals surface area (Å²) < 4.78 is 1.77. The normalized spacial score (nSPS) is 22.4. The highest BCUT2D eigenvalue weighted by atomic mass is 16.4. The van der Waals surface area contributed by atoms with Crippen LogP contribution in [0, 0.1) is 19.3 Å². The second kappa shape index (κ2) is 5.50. The molecule has 21 heavy (non-hydrogen) atoms. The third kappa shape index (κ3) is 2.94. The van der Waals surface area contributed by atoms with E-state index in [9.17, 15) is 14.7 Å². The lowest BCUT2D eigenvalue weighted by molar-refractivity contribution is -0.153. The second-order valence-corrected chi connectivity index (χ2v) is 6.23. The Kier molecular flexibility index (Phi) is 4.07. The van der Waals surface area contributed by atoms with Gasteiger partial charge in [0.15, 0.2) is 0 Å². The molecule has 1 amide bonds. The van der Waals surface area contributed by atoms with Crippen LogP contribution in [0.25, 0.3) is 0 Å². The van der Waals surface area contributed by atoms with Crippen LogP contribution >= 0.6 is 0 Å². The number of rotatable bonds is 3. The van der Waals surface area contributed by atoms with Gasteiger partial charge < -0.3 is 10.0 Å². The van der Waals surface area contributed by atoms with E-state index in [4.69, 9.17) is 0 Å². The Hall–Kier alpha value is -1.85. The molecule has 1 aromatic rings. The molecule has 1 saturated heterocycles. The van der Waals surface area contributed by atoms with Crippen LogP contribution in [0.2, 0.25) is 0 Å². The van der Waals surface area contributed by atoms with Gasteiger partial charge in [-0.1, -0.05) is 0 Å². The quantitative estimate of drug-likeness (QED) is 0.911. The van der Waals surface area contributed by atoms with Crippen LogP contribution in [0.1, 0.15) is 36.7 Å². The standard InChI is InChI=1S/C15H23N3O3/c1-10-12(11(2)17(4)16-10)8-13(19)18-7-5-6-15(3,9-18)14(20)21/h5-9H2,1-4H3,(H,20,21). The molecule has 2 heterocycles. The fourth-order valence-corrected chi connectivity index (χ4v) is 2.96. The van der Waals surface area contributed by atoms with Crippen LogP contribution in [0.5, 0.6) is 0 Å². The number of carboxylic acid groups (broad SMARTS) is 1. The lowest BCUT2D eigenvalue weighted by Gasteiger charge is -2.37. The number of aromatic nitrogens is 2. The molecule has 1 aromatic heterocycles. The molecule has 1 N–H and O–H groups in total. The maximum Gasteiger partial charge on any atom is 0.311 e. The fourth-order valence-electron chi connectivity index (χ4n) is 2.96. The number of likely N-dealkylation sites (tertiary alicyclic amines) is 1. The Morgan fingerprint density at radius 1 is 1.38 bits per heavy atom. The molecule has 6 heteroatoms. The largest absolute Gasteiger partial charge is 0.481 e. The molecule has 0 bridgehead atoms. The third-order valence-corrected chi connectivity index (χ3v) is 4.55. The number of hydrogen-bond acceptors (Lipinski definition) is 3. The number of hydrogen-bond donors (Lipinski definition) is 1. The number of amides is 1. The second-order valence-electron chi connectivity index (χ2n) is 6.23. The van der Waals surface area contributed by atoms with Gasteiger partial charge in [0.25, 0.3) is 0 Å². The van der Waals surface area contributed by atoms with Crippen molar-refractivity contribution in [1.29, 1.82) is 0 Å². The molecule has 1 unspecified atom stereocenters. The van der Waals surface area contributed by atoms with E-state index in [-0.39, 0.29) is 5.91 Å². The van der Waals surface area contributed by atoms with Gasteiger partial charge in [-0.15, -0.1) is 0 Å². The van der Waals surface area contributed by atoms with Gasteiger partial charge in [-0.3, -0.25) is 14.3 Å². The van der Waals surface area contributed by atoms with Crippen LogP contribution in [0.4, 0.5) is 0 Å². The van der Waals surface area contributed by atoms with Crippen molar-refractivity contribution in [3.8, 4) is 0 Å². The Morgan fingerprint density at radius 3 is 2.57 bits per heavy atom. The average Bonchev–Trinajstić information content (AvgIpc) is 2.65. The molecular formula is C15H23N3O3. The molecule has 0 aromatic carbocycles. The Bertz CT molecular complexity index is 579. The molecule has 1 aliphatic rings. The molecule has 1 aliphatic heterocycles. The van der Waals surface area contributed by atoms with E-state index in [1.165, 1.54) is 0 Å². The van der Waals surface area contributed by atoms with Crippen LogP contribution in [0.3, 0.4) is 0 Å². The zero-order chi connectivity index (χ0) is 15.8. The van der Waals surface area contributed by atoms with Gasteiger partial charge in [-0.05, 0) is 33.6 Å². The summed E-state index contributed by atoms with van der Waals surface area (Å²) in [4.78, 5) is 25.5. The highest BCUT2D eigenvalue weighted by Gasteiger charge is 2.39. The van der Waals surface area contributed by atoms with Gasteiger partial charge in [-0.25, -0.2) is 0 Å². The van der Waals surface area contributed by atoms with Crippen molar-refractivity contribution in [1.82, 2.24) is 14.7 Å². The van der Waals surface area contributed by atoms with E-state index < -0.39 is 11.4 Å². The van der Waals surface area contributed by atoms with Gasteiger partial charge in [-0.2, -0.15) is 5.10 Å². The summed E-state index contributed by atoms with van der Waals surface area (Å²) in [5.74, 6) is -0.838. The first-order chi connectivity index (χ1) is 9.74. The van der Waals surface area contributed by atoms with E-state index in [2.05, 4.69) is 5.10 Å². The SMILES string of the molecule is Cc1nn(C)c(C)c1CC(=O)N1CCCC(C)(C(=O)O)C1. The zero-order valence-electron chi connectivity index (χ0n) is 13.1. The molecule has 0 radical (unpaired) electrons. The predicted molar refractivity (Wildman–Crippen MR) is 77.9 cm³/mol.